The number of rotatable bonds is 3. The number of aliphatic hydroxyl groups excluding tert-OH is 1. The molecule has 17 heavy (non-hydrogen) atoms. The van der Waals surface area contributed by atoms with Gasteiger partial charge in [0.15, 0.2) is 0 Å². The third kappa shape index (κ3) is 3.43. The van der Waals surface area contributed by atoms with E-state index < -0.39 is 0 Å². The monoisotopic (exact) mass is 241 g/mol. The van der Waals surface area contributed by atoms with E-state index in [9.17, 15) is 5.11 Å². The van der Waals surface area contributed by atoms with Crippen molar-refractivity contribution in [3.8, 4) is 0 Å². The summed E-state index contributed by atoms with van der Waals surface area (Å²) in [6.45, 7) is 8.37. The lowest BCUT2D eigenvalue weighted by Crippen LogP contribution is -2.49. The lowest BCUT2D eigenvalue weighted by atomic mass is 9.80. The second kappa shape index (κ2) is 6.17. The van der Waals surface area contributed by atoms with Gasteiger partial charge in [0.05, 0.1) is 19.3 Å². The van der Waals surface area contributed by atoms with Crippen molar-refractivity contribution in [1.82, 2.24) is 4.90 Å². The fraction of sp³-hybridized carbons (Fsp3) is 1.00. The summed E-state index contributed by atoms with van der Waals surface area (Å²) in [5.41, 5.74) is 0. The molecule has 2 rings (SSSR count). The summed E-state index contributed by atoms with van der Waals surface area (Å²) in [5, 5.41) is 10.1. The van der Waals surface area contributed by atoms with E-state index in [1.807, 2.05) is 0 Å². The maximum atomic E-state index is 10.1. The van der Waals surface area contributed by atoms with Crippen LogP contribution in [0.4, 0.5) is 0 Å². The molecule has 1 saturated carbocycles. The quantitative estimate of drug-likeness (QED) is 0.819. The molecule has 4 atom stereocenters. The lowest BCUT2D eigenvalue weighted by molar-refractivity contribution is -0.0382. The third-order valence-electron chi connectivity index (χ3n) is 4.49. The molecule has 0 aromatic carbocycles. The van der Waals surface area contributed by atoms with E-state index in [1.165, 1.54) is 12.8 Å². The highest BCUT2D eigenvalue weighted by Gasteiger charge is 2.31. The minimum atomic E-state index is -0.0773. The normalized spacial score (nSPS) is 40.4. The Morgan fingerprint density at radius 2 is 2.18 bits per heavy atom. The zero-order valence-electron chi connectivity index (χ0n) is 11.3. The van der Waals surface area contributed by atoms with Gasteiger partial charge in [0.25, 0.3) is 0 Å². The SMILES string of the molecule is CCC1COCCN1CC1CC(C)CCC1O. The highest BCUT2D eigenvalue weighted by Crippen LogP contribution is 2.30. The van der Waals surface area contributed by atoms with E-state index in [0.717, 1.165) is 45.1 Å². The summed E-state index contributed by atoms with van der Waals surface area (Å²) < 4.78 is 5.54. The number of morpholine rings is 1. The first-order valence-corrected chi connectivity index (χ1v) is 7.20. The predicted molar refractivity (Wildman–Crippen MR) is 69.0 cm³/mol. The Morgan fingerprint density at radius 3 is 2.94 bits per heavy atom. The molecule has 0 radical (unpaired) electrons. The van der Waals surface area contributed by atoms with Crippen LogP contribution in [0, 0.1) is 11.8 Å². The minimum absolute atomic E-state index is 0.0773. The molecule has 0 bridgehead atoms. The van der Waals surface area contributed by atoms with Crippen LogP contribution in [0.5, 0.6) is 0 Å². The average Bonchev–Trinajstić information content (AvgIpc) is 2.34. The molecule has 1 saturated heterocycles. The van der Waals surface area contributed by atoms with Crippen molar-refractivity contribution in [1.29, 1.82) is 0 Å². The maximum absolute atomic E-state index is 10.1. The zero-order valence-corrected chi connectivity index (χ0v) is 11.3. The van der Waals surface area contributed by atoms with Crippen LogP contribution in [0.1, 0.15) is 39.5 Å². The second-order valence-electron chi connectivity index (χ2n) is 5.88. The van der Waals surface area contributed by atoms with Crippen LogP contribution in [0.15, 0.2) is 0 Å². The molecule has 0 spiro atoms. The maximum Gasteiger partial charge on any atom is 0.0622 e. The molecule has 1 N–H and O–H groups in total. The molecule has 1 heterocycles. The highest BCUT2D eigenvalue weighted by atomic mass is 16.5. The average molecular weight is 241 g/mol. The van der Waals surface area contributed by atoms with Crippen molar-refractivity contribution in [3.05, 3.63) is 0 Å². The summed E-state index contributed by atoms with van der Waals surface area (Å²) >= 11 is 0. The molecule has 100 valence electrons. The highest BCUT2D eigenvalue weighted by molar-refractivity contribution is 4.83. The van der Waals surface area contributed by atoms with E-state index in [2.05, 4.69) is 18.7 Å². The molecular weight excluding hydrogens is 214 g/mol. The van der Waals surface area contributed by atoms with E-state index in [4.69, 9.17) is 4.74 Å². The number of ether oxygens (including phenoxy) is 1. The lowest BCUT2D eigenvalue weighted by Gasteiger charge is -2.40. The van der Waals surface area contributed by atoms with Crippen molar-refractivity contribution in [3.63, 3.8) is 0 Å². The molecule has 0 amide bonds. The van der Waals surface area contributed by atoms with Crippen LogP contribution in [0.3, 0.4) is 0 Å². The molecule has 3 nitrogen and oxygen atoms in total. The number of nitrogens with zero attached hydrogens (tertiary/aromatic N) is 1. The van der Waals surface area contributed by atoms with Crippen LogP contribution in [0.2, 0.25) is 0 Å². The fourth-order valence-corrected chi connectivity index (χ4v) is 3.29. The number of aliphatic hydroxyl groups is 1. The van der Waals surface area contributed by atoms with Crippen LogP contribution >= 0.6 is 0 Å². The first-order chi connectivity index (χ1) is 8.20. The van der Waals surface area contributed by atoms with E-state index in [-0.39, 0.29) is 6.10 Å². The Labute approximate surface area is 105 Å². The Bertz CT molecular complexity index is 234. The first kappa shape index (κ1) is 13.3. The Balaban J connectivity index is 1.89. The number of hydrogen-bond donors (Lipinski definition) is 1. The van der Waals surface area contributed by atoms with Gasteiger partial charge in [-0.3, -0.25) is 4.90 Å². The van der Waals surface area contributed by atoms with Crippen molar-refractivity contribution < 1.29 is 9.84 Å². The van der Waals surface area contributed by atoms with Gasteiger partial charge in [0, 0.05) is 19.1 Å². The standard InChI is InChI=1S/C14H27NO2/c1-3-13-10-17-7-6-15(13)9-12-8-11(2)4-5-14(12)16/h11-14,16H,3-10H2,1-2H3. The molecule has 4 unspecified atom stereocenters. The molecule has 0 aromatic heterocycles. The van der Waals surface area contributed by atoms with Crippen LogP contribution in [0.25, 0.3) is 0 Å². The van der Waals surface area contributed by atoms with Crippen molar-refractivity contribution in [2.45, 2.75) is 51.7 Å². The van der Waals surface area contributed by atoms with E-state index in [1.54, 1.807) is 0 Å². The van der Waals surface area contributed by atoms with Crippen molar-refractivity contribution >= 4 is 0 Å². The molecule has 1 aliphatic carbocycles. The summed E-state index contributed by atoms with van der Waals surface area (Å²) in [7, 11) is 0. The predicted octanol–water partition coefficient (Wildman–Crippen LogP) is 1.89. The first-order valence-electron chi connectivity index (χ1n) is 7.20. The second-order valence-corrected chi connectivity index (χ2v) is 5.88. The van der Waals surface area contributed by atoms with Gasteiger partial charge in [-0.2, -0.15) is 0 Å². The van der Waals surface area contributed by atoms with Gasteiger partial charge in [0.2, 0.25) is 0 Å². The molecule has 1 aliphatic heterocycles. The summed E-state index contributed by atoms with van der Waals surface area (Å²) in [6, 6.07) is 0.563. The van der Waals surface area contributed by atoms with Gasteiger partial charge < -0.3 is 9.84 Å². The fourth-order valence-electron chi connectivity index (χ4n) is 3.29. The Morgan fingerprint density at radius 1 is 1.35 bits per heavy atom. The van der Waals surface area contributed by atoms with Crippen LogP contribution in [-0.2, 0) is 4.74 Å². The Hall–Kier alpha value is -0.120. The molecule has 2 aliphatic rings. The zero-order chi connectivity index (χ0) is 12.3. The smallest absolute Gasteiger partial charge is 0.0622 e. The van der Waals surface area contributed by atoms with Gasteiger partial charge in [-0.25, -0.2) is 0 Å². The molecule has 2 fully saturated rings. The summed E-state index contributed by atoms with van der Waals surface area (Å²) in [4.78, 5) is 2.54. The van der Waals surface area contributed by atoms with Gasteiger partial charge in [-0.05, 0) is 37.5 Å². The van der Waals surface area contributed by atoms with Crippen LogP contribution < -0.4 is 0 Å². The summed E-state index contributed by atoms with van der Waals surface area (Å²) in [6.07, 6.45) is 4.45. The largest absolute Gasteiger partial charge is 0.393 e. The van der Waals surface area contributed by atoms with Crippen molar-refractivity contribution in [2.75, 3.05) is 26.3 Å². The molecular formula is C14H27NO2. The van der Waals surface area contributed by atoms with Gasteiger partial charge in [-0.1, -0.05) is 13.8 Å². The third-order valence-corrected chi connectivity index (χ3v) is 4.49. The van der Waals surface area contributed by atoms with Gasteiger partial charge in [-0.15, -0.1) is 0 Å². The van der Waals surface area contributed by atoms with E-state index in [0.29, 0.717) is 12.0 Å². The Kier molecular flexibility index (Phi) is 4.83. The molecule has 3 heteroatoms. The minimum Gasteiger partial charge on any atom is -0.393 e. The van der Waals surface area contributed by atoms with Gasteiger partial charge >= 0.3 is 0 Å². The topological polar surface area (TPSA) is 32.7 Å². The van der Waals surface area contributed by atoms with Gasteiger partial charge in [0.1, 0.15) is 0 Å². The van der Waals surface area contributed by atoms with Crippen molar-refractivity contribution in [2.24, 2.45) is 11.8 Å². The summed E-state index contributed by atoms with van der Waals surface area (Å²) in [5.74, 6) is 1.26. The van der Waals surface area contributed by atoms with Crippen LogP contribution in [-0.4, -0.2) is 48.5 Å². The van der Waals surface area contributed by atoms with E-state index >= 15 is 0 Å². The number of hydrogen-bond acceptors (Lipinski definition) is 3. The molecule has 0 aromatic rings.